The molecule has 0 bridgehead atoms. The van der Waals surface area contributed by atoms with E-state index in [1.807, 2.05) is 42.5 Å². The summed E-state index contributed by atoms with van der Waals surface area (Å²) in [6.45, 7) is 0. The molecule has 136 valence electrons. The van der Waals surface area contributed by atoms with Gasteiger partial charge in [0.1, 0.15) is 11.3 Å². The highest BCUT2D eigenvalue weighted by Gasteiger charge is 2.22. The summed E-state index contributed by atoms with van der Waals surface area (Å²) in [4.78, 5) is 28.8. The number of nitrogens with two attached hydrogens (primary N) is 1. The van der Waals surface area contributed by atoms with Gasteiger partial charge in [0.05, 0.1) is 5.71 Å². The fraction of sp³-hybridized carbons (Fsp3) is 0. The van der Waals surface area contributed by atoms with E-state index in [0.29, 0.717) is 28.7 Å². The van der Waals surface area contributed by atoms with Crippen LogP contribution < -0.4 is 10.9 Å². The third-order valence-electron chi connectivity index (χ3n) is 4.14. The van der Waals surface area contributed by atoms with E-state index in [1.165, 1.54) is 0 Å². The maximum absolute atomic E-state index is 12.9. The van der Waals surface area contributed by atoms with E-state index in [1.54, 1.807) is 42.0 Å². The molecule has 0 saturated heterocycles. The highest BCUT2D eigenvalue weighted by molar-refractivity contribution is 6.12. The van der Waals surface area contributed by atoms with Gasteiger partial charge in [-0.25, -0.2) is 10.3 Å². The van der Waals surface area contributed by atoms with E-state index in [-0.39, 0.29) is 11.3 Å². The molecule has 28 heavy (non-hydrogen) atoms. The molecule has 0 fully saturated rings. The van der Waals surface area contributed by atoms with Crippen LogP contribution in [0.2, 0.25) is 0 Å². The van der Waals surface area contributed by atoms with Crippen LogP contribution >= 0.6 is 0 Å². The van der Waals surface area contributed by atoms with Crippen LogP contribution in [0.1, 0.15) is 11.1 Å². The smallest absolute Gasteiger partial charge is 0.266 e. The first-order valence-corrected chi connectivity index (χ1v) is 8.68. The number of hydrogen-bond acceptors (Lipinski definition) is 5. The molecule has 0 unspecified atom stereocenters. The fourth-order valence-corrected chi connectivity index (χ4v) is 2.81. The molecule has 0 radical (unpaired) electrons. The highest BCUT2D eigenvalue weighted by atomic mass is 16.1. The van der Waals surface area contributed by atoms with Gasteiger partial charge in [-0.05, 0) is 18.2 Å². The number of nitrogens with one attached hydrogen (secondary N) is 2. The van der Waals surface area contributed by atoms with E-state index < -0.39 is 5.56 Å². The Bertz CT molecular complexity index is 1160. The summed E-state index contributed by atoms with van der Waals surface area (Å²) in [6, 6.07) is 20.0. The number of nitrogens with zero attached hydrogens (tertiary/aromatic N) is 3. The van der Waals surface area contributed by atoms with Gasteiger partial charge in [-0.1, -0.05) is 42.5 Å². The Morgan fingerprint density at radius 1 is 0.893 bits per heavy atom. The lowest BCUT2D eigenvalue weighted by Crippen LogP contribution is -2.73. The zero-order valence-electron chi connectivity index (χ0n) is 14.8. The predicted molar refractivity (Wildman–Crippen MR) is 106 cm³/mol. The van der Waals surface area contributed by atoms with Crippen molar-refractivity contribution in [1.82, 2.24) is 19.9 Å². The van der Waals surface area contributed by atoms with Gasteiger partial charge in [0.2, 0.25) is 11.6 Å². The maximum Gasteiger partial charge on any atom is 0.266 e. The molecular formula is C21H17N6O+. The average molecular weight is 369 g/mol. The summed E-state index contributed by atoms with van der Waals surface area (Å²) in [5.41, 5.74) is 1.08. The number of aromatic nitrogens is 4. The van der Waals surface area contributed by atoms with Crippen molar-refractivity contribution in [1.29, 1.82) is 5.41 Å². The fourth-order valence-electron chi connectivity index (χ4n) is 2.81. The molecule has 7 nitrogen and oxygen atoms in total. The van der Waals surface area contributed by atoms with Gasteiger partial charge in [-0.2, -0.15) is 4.98 Å². The second kappa shape index (κ2) is 7.73. The lowest BCUT2D eigenvalue weighted by molar-refractivity contribution is -0.487. The van der Waals surface area contributed by atoms with Crippen LogP contribution in [0.25, 0.3) is 11.5 Å². The van der Waals surface area contributed by atoms with Crippen LogP contribution in [0.15, 0.2) is 83.9 Å². The molecule has 4 rings (SSSR count). The van der Waals surface area contributed by atoms with Gasteiger partial charge < -0.3 is 4.98 Å². The summed E-state index contributed by atoms with van der Waals surface area (Å²) in [6.07, 6.45) is 3.30. The summed E-state index contributed by atoms with van der Waals surface area (Å²) in [7, 11) is 0. The predicted octanol–water partition coefficient (Wildman–Crippen LogP) is 2.17. The van der Waals surface area contributed by atoms with E-state index in [0.717, 1.165) is 0 Å². The Hall–Kier alpha value is -3.97. The molecule has 4 N–H and O–H groups in total. The number of hydrogen-bond donors (Lipinski definition) is 3. The summed E-state index contributed by atoms with van der Waals surface area (Å²) >= 11 is 0. The molecule has 7 heteroatoms. The average Bonchev–Trinajstić information content (AvgIpc) is 2.75. The number of pyridine rings is 2. The minimum Gasteiger partial charge on any atom is -0.304 e. The standard InChI is InChI=1S/C21H16N6O/c22-18(14-8-2-1-3-9-14)17-20(25-16-11-5-7-13-24-16)26-19(27-21(17)28)15-10-4-6-12-23-15/h1-13,22H,(H2,24,25,26,27,28)/p+1. The lowest BCUT2D eigenvalue weighted by Gasteiger charge is -2.09. The molecule has 3 heterocycles. The Kier molecular flexibility index (Phi) is 4.81. The number of aromatic amines is 1. The SMILES string of the molecule is N=C(c1ccccc1)c1c([NH2+]c2ccccn2)nc(-c2ccccn2)[nH]c1=O. The number of quaternary nitrogens is 1. The molecule has 3 aromatic heterocycles. The zero-order valence-corrected chi connectivity index (χ0v) is 14.8. The minimum absolute atomic E-state index is 0.101. The Morgan fingerprint density at radius 3 is 2.29 bits per heavy atom. The van der Waals surface area contributed by atoms with Crippen molar-refractivity contribution in [3.8, 4) is 11.5 Å². The van der Waals surface area contributed by atoms with Crippen LogP contribution in [0, 0.1) is 5.41 Å². The summed E-state index contributed by atoms with van der Waals surface area (Å²) in [5, 5.41) is 10.3. The summed E-state index contributed by atoms with van der Waals surface area (Å²) < 4.78 is 0. The molecule has 0 spiro atoms. The Labute approximate surface area is 160 Å². The van der Waals surface area contributed by atoms with Crippen molar-refractivity contribution in [2.24, 2.45) is 0 Å². The Balaban J connectivity index is 1.87. The van der Waals surface area contributed by atoms with Gasteiger partial charge in [0.25, 0.3) is 5.56 Å². The van der Waals surface area contributed by atoms with E-state index >= 15 is 0 Å². The van der Waals surface area contributed by atoms with Crippen molar-refractivity contribution in [3.63, 3.8) is 0 Å². The van der Waals surface area contributed by atoms with Crippen LogP contribution in [0.3, 0.4) is 0 Å². The number of H-pyrrole nitrogens is 1. The van der Waals surface area contributed by atoms with Gasteiger partial charge in [0, 0.05) is 24.0 Å². The van der Waals surface area contributed by atoms with Crippen LogP contribution in [-0.4, -0.2) is 25.6 Å². The molecule has 4 aromatic rings. The lowest BCUT2D eigenvalue weighted by atomic mass is 10.0. The molecular weight excluding hydrogens is 352 g/mol. The van der Waals surface area contributed by atoms with E-state index in [2.05, 4.69) is 19.9 Å². The molecule has 1 aromatic carbocycles. The minimum atomic E-state index is -0.397. The van der Waals surface area contributed by atoms with Crippen molar-refractivity contribution in [3.05, 3.63) is 101 Å². The first-order chi connectivity index (χ1) is 13.7. The third-order valence-corrected chi connectivity index (χ3v) is 4.14. The first kappa shape index (κ1) is 17.4. The van der Waals surface area contributed by atoms with Crippen molar-refractivity contribution in [2.45, 2.75) is 0 Å². The van der Waals surface area contributed by atoms with Crippen molar-refractivity contribution >= 4 is 17.3 Å². The second-order valence-electron chi connectivity index (χ2n) is 6.03. The van der Waals surface area contributed by atoms with Crippen LogP contribution in [0.5, 0.6) is 0 Å². The zero-order chi connectivity index (χ0) is 19.3. The molecule has 0 atom stereocenters. The normalized spacial score (nSPS) is 10.6. The topological polar surface area (TPSA) is 112 Å². The molecule has 0 aliphatic heterocycles. The highest BCUT2D eigenvalue weighted by Crippen LogP contribution is 2.15. The summed E-state index contributed by atoms with van der Waals surface area (Å²) in [5.74, 6) is 1.36. The molecule has 0 saturated carbocycles. The number of rotatable bonds is 5. The molecule has 0 amide bonds. The Morgan fingerprint density at radius 2 is 1.61 bits per heavy atom. The second-order valence-corrected chi connectivity index (χ2v) is 6.03. The third kappa shape index (κ3) is 3.60. The van der Waals surface area contributed by atoms with Gasteiger partial charge in [0.15, 0.2) is 5.82 Å². The van der Waals surface area contributed by atoms with Gasteiger partial charge in [-0.15, -0.1) is 0 Å². The number of benzene rings is 1. The van der Waals surface area contributed by atoms with Crippen molar-refractivity contribution < 1.29 is 5.32 Å². The van der Waals surface area contributed by atoms with Gasteiger partial charge >= 0.3 is 0 Å². The molecule has 0 aliphatic rings. The molecule has 0 aliphatic carbocycles. The maximum atomic E-state index is 12.9. The van der Waals surface area contributed by atoms with Gasteiger partial charge in [-0.3, -0.25) is 15.2 Å². The van der Waals surface area contributed by atoms with E-state index in [9.17, 15) is 4.79 Å². The van der Waals surface area contributed by atoms with Crippen molar-refractivity contribution in [2.75, 3.05) is 0 Å². The van der Waals surface area contributed by atoms with E-state index in [4.69, 9.17) is 5.41 Å². The quantitative estimate of drug-likeness (QED) is 0.468. The van der Waals surface area contributed by atoms with Crippen LogP contribution in [-0.2, 0) is 0 Å². The monoisotopic (exact) mass is 369 g/mol. The van der Waals surface area contributed by atoms with Crippen LogP contribution in [0.4, 0.5) is 11.6 Å². The first-order valence-electron chi connectivity index (χ1n) is 8.68. The largest absolute Gasteiger partial charge is 0.304 e.